The van der Waals surface area contributed by atoms with E-state index in [-0.39, 0.29) is 11.7 Å². The zero-order valence-electron chi connectivity index (χ0n) is 9.72. The van der Waals surface area contributed by atoms with Gasteiger partial charge in [-0.3, -0.25) is 4.57 Å². The molecule has 0 saturated carbocycles. The van der Waals surface area contributed by atoms with Gasteiger partial charge in [0.25, 0.3) is 0 Å². The number of alkyl halides is 1. The molecule has 3 heterocycles. The number of rotatable bonds is 2. The van der Waals surface area contributed by atoms with Crippen molar-refractivity contribution in [1.82, 2.24) is 19.5 Å². The molecule has 9 heteroatoms. The van der Waals surface area contributed by atoms with Crippen LogP contribution in [0, 0.1) is 0 Å². The highest BCUT2D eigenvalue weighted by molar-refractivity contribution is 6.18. The molecule has 8 nitrogen and oxygen atoms in total. The number of imidazole rings is 1. The van der Waals surface area contributed by atoms with E-state index in [4.69, 9.17) is 22.1 Å². The molecule has 0 aliphatic carbocycles. The van der Waals surface area contributed by atoms with Crippen molar-refractivity contribution >= 4 is 28.6 Å². The van der Waals surface area contributed by atoms with Crippen molar-refractivity contribution in [3.8, 4) is 0 Å². The number of hydrogen-bond donors (Lipinski definition) is 3. The van der Waals surface area contributed by atoms with Crippen molar-refractivity contribution in [2.75, 3.05) is 11.6 Å². The van der Waals surface area contributed by atoms with Gasteiger partial charge >= 0.3 is 0 Å². The molecule has 0 bridgehead atoms. The van der Waals surface area contributed by atoms with Gasteiger partial charge in [-0.2, -0.15) is 0 Å². The largest absolute Gasteiger partial charge is 0.387 e. The molecule has 0 aromatic carbocycles. The lowest BCUT2D eigenvalue weighted by atomic mass is 10.1. The van der Waals surface area contributed by atoms with E-state index in [2.05, 4.69) is 15.0 Å². The van der Waals surface area contributed by atoms with E-state index in [0.29, 0.717) is 11.2 Å². The van der Waals surface area contributed by atoms with E-state index in [0.717, 1.165) is 0 Å². The number of hydrogen-bond acceptors (Lipinski definition) is 7. The van der Waals surface area contributed by atoms with Gasteiger partial charge in [-0.05, 0) is 0 Å². The van der Waals surface area contributed by atoms with Crippen LogP contribution in [0.25, 0.3) is 11.2 Å². The Labute approximate surface area is 112 Å². The van der Waals surface area contributed by atoms with Crippen LogP contribution in [0.15, 0.2) is 12.7 Å². The summed E-state index contributed by atoms with van der Waals surface area (Å²) in [6.07, 6.45) is -0.882. The number of aliphatic hydroxyl groups is 2. The van der Waals surface area contributed by atoms with Crippen molar-refractivity contribution in [2.24, 2.45) is 0 Å². The number of nitrogens with zero attached hydrogens (tertiary/aromatic N) is 4. The molecular formula is C10H12ClN5O3. The minimum Gasteiger partial charge on any atom is -0.387 e. The van der Waals surface area contributed by atoms with Gasteiger partial charge in [0.2, 0.25) is 0 Å². The number of halogens is 1. The first-order valence-electron chi connectivity index (χ1n) is 5.64. The molecule has 0 unspecified atom stereocenters. The average Bonchev–Trinajstić information content (AvgIpc) is 2.94. The smallest absolute Gasteiger partial charge is 0.167 e. The topological polar surface area (TPSA) is 119 Å². The van der Waals surface area contributed by atoms with Crippen molar-refractivity contribution in [1.29, 1.82) is 0 Å². The van der Waals surface area contributed by atoms with Crippen molar-refractivity contribution < 1.29 is 14.9 Å². The van der Waals surface area contributed by atoms with Crippen LogP contribution in [-0.2, 0) is 4.74 Å². The van der Waals surface area contributed by atoms with Crippen molar-refractivity contribution in [2.45, 2.75) is 24.5 Å². The summed E-state index contributed by atoms with van der Waals surface area (Å²) in [5.41, 5.74) is 6.53. The van der Waals surface area contributed by atoms with Gasteiger partial charge in [-0.25, -0.2) is 15.0 Å². The summed E-state index contributed by atoms with van der Waals surface area (Å²) < 4.78 is 7.03. The maximum Gasteiger partial charge on any atom is 0.167 e. The summed E-state index contributed by atoms with van der Waals surface area (Å²) in [5, 5.41) is 19.8. The summed E-state index contributed by atoms with van der Waals surface area (Å²) >= 11 is 5.67. The number of nitrogens with two attached hydrogens (primary N) is 1. The molecule has 2 aromatic heterocycles. The Morgan fingerprint density at radius 2 is 2.11 bits per heavy atom. The molecule has 0 spiro atoms. The second kappa shape index (κ2) is 4.57. The Hall–Kier alpha value is -1.48. The SMILES string of the molecule is Nc1ncnc2c1ncn2[C@@H]1O[C@H](CCl)[C@H](O)[C@@H]1O. The Kier molecular flexibility index (Phi) is 3.02. The number of aliphatic hydroxyl groups excluding tert-OH is 2. The Bertz CT molecular complexity index is 606. The highest BCUT2D eigenvalue weighted by atomic mass is 35.5. The Balaban J connectivity index is 2.04. The van der Waals surface area contributed by atoms with Crippen LogP contribution in [0.2, 0.25) is 0 Å². The number of anilines is 1. The molecule has 2 aromatic rings. The van der Waals surface area contributed by atoms with Crippen LogP contribution in [0.5, 0.6) is 0 Å². The van der Waals surface area contributed by atoms with Crippen LogP contribution >= 0.6 is 11.6 Å². The fourth-order valence-corrected chi connectivity index (χ4v) is 2.40. The summed E-state index contributed by atoms with van der Waals surface area (Å²) in [7, 11) is 0. The predicted molar refractivity (Wildman–Crippen MR) is 66.4 cm³/mol. The zero-order valence-corrected chi connectivity index (χ0v) is 10.5. The van der Waals surface area contributed by atoms with Crippen LogP contribution in [-0.4, -0.2) is 53.9 Å². The van der Waals surface area contributed by atoms with E-state index in [9.17, 15) is 10.2 Å². The molecule has 1 saturated heterocycles. The van der Waals surface area contributed by atoms with Crippen LogP contribution in [0.4, 0.5) is 5.82 Å². The minimum atomic E-state index is -1.11. The predicted octanol–water partition coefficient (Wildman–Crippen LogP) is -0.734. The lowest BCUT2D eigenvalue weighted by molar-refractivity contribution is -0.0291. The number of fused-ring (bicyclic) bond motifs is 1. The molecular weight excluding hydrogens is 274 g/mol. The summed E-state index contributed by atoms with van der Waals surface area (Å²) in [4.78, 5) is 12.0. The molecule has 102 valence electrons. The second-order valence-corrected chi connectivity index (χ2v) is 4.59. The van der Waals surface area contributed by atoms with Gasteiger partial charge in [-0.1, -0.05) is 0 Å². The molecule has 4 N–H and O–H groups in total. The first-order valence-corrected chi connectivity index (χ1v) is 6.17. The van der Waals surface area contributed by atoms with Crippen LogP contribution in [0.3, 0.4) is 0 Å². The monoisotopic (exact) mass is 285 g/mol. The third-order valence-electron chi connectivity index (χ3n) is 3.15. The fraction of sp³-hybridized carbons (Fsp3) is 0.500. The molecule has 19 heavy (non-hydrogen) atoms. The van der Waals surface area contributed by atoms with Gasteiger partial charge in [0.1, 0.15) is 30.2 Å². The summed E-state index contributed by atoms with van der Waals surface area (Å²) in [6.45, 7) is 0. The number of aromatic nitrogens is 4. The molecule has 0 amide bonds. The van der Waals surface area contributed by atoms with E-state index < -0.39 is 24.5 Å². The Morgan fingerprint density at radius 3 is 2.79 bits per heavy atom. The minimum absolute atomic E-state index is 0.0818. The second-order valence-electron chi connectivity index (χ2n) is 4.28. The lowest BCUT2D eigenvalue weighted by Gasteiger charge is -2.16. The van der Waals surface area contributed by atoms with Crippen LogP contribution in [0.1, 0.15) is 6.23 Å². The normalized spacial score (nSPS) is 31.1. The van der Waals surface area contributed by atoms with Gasteiger partial charge in [-0.15, -0.1) is 11.6 Å². The average molecular weight is 286 g/mol. The molecule has 1 aliphatic heterocycles. The molecule has 0 radical (unpaired) electrons. The maximum atomic E-state index is 10.0. The highest BCUT2D eigenvalue weighted by Gasteiger charge is 2.43. The molecule has 4 atom stereocenters. The summed E-state index contributed by atoms with van der Waals surface area (Å²) in [5.74, 6) is 0.323. The fourth-order valence-electron chi connectivity index (χ4n) is 2.14. The third-order valence-corrected chi connectivity index (χ3v) is 3.45. The standard InChI is InChI=1S/C10H12ClN5O3/c11-1-4-6(17)7(18)10(19-4)16-3-15-5-8(12)13-2-14-9(5)16/h2-4,6-7,10,17-18H,1H2,(H2,12,13,14)/t4-,6+,7+,10-/m1/s1. The molecule has 1 aliphatic rings. The van der Waals surface area contributed by atoms with Crippen LogP contribution < -0.4 is 5.73 Å². The first-order chi connectivity index (χ1) is 9.13. The maximum absolute atomic E-state index is 10.0. The third kappa shape index (κ3) is 1.84. The van der Waals surface area contributed by atoms with Crippen molar-refractivity contribution in [3.63, 3.8) is 0 Å². The lowest BCUT2D eigenvalue weighted by Crippen LogP contribution is -2.32. The Morgan fingerprint density at radius 1 is 1.32 bits per heavy atom. The highest BCUT2D eigenvalue weighted by Crippen LogP contribution is 2.32. The molecule has 3 rings (SSSR count). The number of ether oxygens (including phenoxy) is 1. The van der Waals surface area contributed by atoms with Gasteiger partial charge in [0.05, 0.1) is 12.2 Å². The van der Waals surface area contributed by atoms with Gasteiger partial charge in [0, 0.05) is 0 Å². The zero-order chi connectivity index (χ0) is 13.6. The summed E-state index contributed by atoms with van der Waals surface area (Å²) in [6, 6.07) is 0. The molecule has 1 fully saturated rings. The van der Waals surface area contributed by atoms with E-state index in [1.54, 1.807) is 0 Å². The van der Waals surface area contributed by atoms with E-state index in [1.165, 1.54) is 17.2 Å². The number of nitrogen functional groups attached to an aromatic ring is 1. The van der Waals surface area contributed by atoms with E-state index >= 15 is 0 Å². The van der Waals surface area contributed by atoms with Gasteiger partial charge in [0.15, 0.2) is 17.7 Å². The first kappa shape index (κ1) is 12.5. The quantitative estimate of drug-likeness (QED) is 0.622. The van der Waals surface area contributed by atoms with Gasteiger partial charge < -0.3 is 20.7 Å². The van der Waals surface area contributed by atoms with Crippen molar-refractivity contribution in [3.05, 3.63) is 12.7 Å². The van der Waals surface area contributed by atoms with E-state index in [1.807, 2.05) is 0 Å².